The Balaban J connectivity index is 2.34. The zero-order chi connectivity index (χ0) is 13.4. The van der Waals surface area contributed by atoms with Crippen molar-refractivity contribution in [1.29, 1.82) is 0 Å². The maximum absolute atomic E-state index is 11.7. The normalized spacial score (nSPS) is 9.89. The van der Waals surface area contributed by atoms with Crippen LogP contribution in [0, 0.1) is 0 Å². The Hall–Kier alpha value is -1.84. The first-order chi connectivity index (χ1) is 8.63. The van der Waals surface area contributed by atoms with E-state index in [4.69, 9.17) is 4.74 Å². The molecule has 1 rings (SSSR count). The molecule has 0 saturated heterocycles. The monoisotopic (exact) mass is 249 g/mol. The number of hydrogen-bond donors (Lipinski definition) is 0. The van der Waals surface area contributed by atoms with Gasteiger partial charge in [-0.2, -0.15) is 0 Å². The van der Waals surface area contributed by atoms with Gasteiger partial charge < -0.3 is 9.64 Å². The second-order valence-electron chi connectivity index (χ2n) is 4.03. The third kappa shape index (κ3) is 4.99. The number of benzene rings is 1. The van der Waals surface area contributed by atoms with Gasteiger partial charge in [-0.3, -0.25) is 9.59 Å². The van der Waals surface area contributed by atoms with E-state index in [9.17, 15) is 9.59 Å². The molecule has 0 heterocycles. The summed E-state index contributed by atoms with van der Waals surface area (Å²) in [5.41, 5.74) is 1.17. The van der Waals surface area contributed by atoms with Crippen molar-refractivity contribution < 1.29 is 14.3 Å². The lowest BCUT2D eigenvalue weighted by Gasteiger charge is -2.16. The van der Waals surface area contributed by atoms with Gasteiger partial charge in [-0.15, -0.1) is 0 Å². The van der Waals surface area contributed by atoms with Crippen molar-refractivity contribution in [1.82, 2.24) is 4.90 Å². The second kappa shape index (κ2) is 7.48. The van der Waals surface area contributed by atoms with Gasteiger partial charge in [0, 0.05) is 13.6 Å². The molecule has 0 fully saturated rings. The van der Waals surface area contributed by atoms with Crippen LogP contribution < -0.4 is 0 Å². The zero-order valence-corrected chi connectivity index (χ0v) is 10.9. The molecule has 18 heavy (non-hydrogen) atoms. The summed E-state index contributed by atoms with van der Waals surface area (Å²) in [4.78, 5) is 24.4. The Labute approximate surface area is 108 Å². The number of rotatable bonds is 6. The predicted octanol–water partition coefficient (Wildman–Crippen LogP) is 1.64. The molecule has 0 aromatic heterocycles. The lowest BCUT2D eigenvalue weighted by atomic mass is 10.1. The molecular formula is C14H19NO3. The Morgan fingerprint density at radius 1 is 1.22 bits per heavy atom. The van der Waals surface area contributed by atoms with Gasteiger partial charge in [-0.05, 0) is 18.9 Å². The van der Waals surface area contributed by atoms with Crippen LogP contribution in [-0.2, 0) is 20.7 Å². The first-order valence-corrected chi connectivity index (χ1v) is 6.07. The molecule has 1 aromatic rings. The van der Waals surface area contributed by atoms with E-state index in [0.717, 1.165) is 6.42 Å². The number of likely N-dealkylation sites (N-methyl/N-ethyl adjacent to an activating group) is 1. The number of ether oxygens (including phenoxy) is 1. The van der Waals surface area contributed by atoms with Gasteiger partial charge >= 0.3 is 5.97 Å². The maximum Gasteiger partial charge on any atom is 0.315 e. The molecule has 4 heteroatoms. The van der Waals surface area contributed by atoms with Crippen molar-refractivity contribution in [2.24, 2.45) is 0 Å². The molecule has 98 valence electrons. The lowest BCUT2D eigenvalue weighted by Crippen LogP contribution is -2.30. The van der Waals surface area contributed by atoms with Crippen LogP contribution in [0.15, 0.2) is 30.3 Å². The van der Waals surface area contributed by atoms with Crippen molar-refractivity contribution in [2.75, 3.05) is 20.2 Å². The van der Waals surface area contributed by atoms with Crippen molar-refractivity contribution in [3.8, 4) is 0 Å². The number of carbonyl (C=O) groups is 2. The number of nitrogens with zero attached hydrogens (tertiary/aromatic N) is 1. The summed E-state index contributed by atoms with van der Waals surface area (Å²) in [7, 11) is 1.70. The van der Waals surface area contributed by atoms with E-state index in [2.05, 4.69) is 0 Å². The molecular weight excluding hydrogens is 230 g/mol. The first kappa shape index (κ1) is 14.2. The van der Waals surface area contributed by atoms with Gasteiger partial charge in [0.2, 0.25) is 5.91 Å². The molecule has 0 aliphatic rings. The van der Waals surface area contributed by atoms with Gasteiger partial charge in [0.15, 0.2) is 0 Å². The highest BCUT2D eigenvalue weighted by Crippen LogP contribution is 2.02. The minimum Gasteiger partial charge on any atom is -0.466 e. The average molecular weight is 249 g/mol. The molecule has 0 aliphatic carbocycles. The van der Waals surface area contributed by atoms with Crippen LogP contribution in [0.4, 0.5) is 0 Å². The van der Waals surface area contributed by atoms with Gasteiger partial charge in [0.25, 0.3) is 0 Å². The molecule has 0 radical (unpaired) electrons. The van der Waals surface area contributed by atoms with Gasteiger partial charge in [0.1, 0.15) is 6.42 Å². The summed E-state index contributed by atoms with van der Waals surface area (Å²) in [5.74, 6) is -0.668. The quantitative estimate of drug-likeness (QED) is 0.569. The lowest BCUT2D eigenvalue weighted by molar-refractivity contribution is -0.148. The molecule has 4 nitrogen and oxygen atoms in total. The van der Waals surface area contributed by atoms with Gasteiger partial charge in [0.05, 0.1) is 6.61 Å². The van der Waals surface area contributed by atoms with Crippen LogP contribution in [0.1, 0.15) is 18.9 Å². The first-order valence-electron chi connectivity index (χ1n) is 6.07. The third-order valence-electron chi connectivity index (χ3n) is 2.61. The molecule has 0 spiro atoms. The summed E-state index contributed by atoms with van der Waals surface area (Å²) >= 11 is 0. The molecule has 0 unspecified atom stereocenters. The maximum atomic E-state index is 11.7. The minimum absolute atomic E-state index is 0.181. The van der Waals surface area contributed by atoms with Crippen molar-refractivity contribution >= 4 is 11.9 Å². The molecule has 0 saturated carbocycles. The van der Waals surface area contributed by atoms with Gasteiger partial charge in [-0.1, -0.05) is 30.3 Å². The summed E-state index contributed by atoms with van der Waals surface area (Å²) in [6.07, 6.45) is 0.602. The van der Waals surface area contributed by atoms with Crippen LogP contribution in [0.2, 0.25) is 0 Å². The summed E-state index contributed by atoms with van der Waals surface area (Å²) in [6, 6.07) is 9.93. The fourth-order valence-corrected chi connectivity index (χ4v) is 1.54. The van der Waals surface area contributed by atoms with Gasteiger partial charge in [-0.25, -0.2) is 0 Å². The third-order valence-corrected chi connectivity index (χ3v) is 2.61. The zero-order valence-electron chi connectivity index (χ0n) is 10.9. The number of esters is 1. The molecule has 0 N–H and O–H groups in total. The Kier molecular flexibility index (Phi) is 5.91. The van der Waals surface area contributed by atoms with Crippen LogP contribution >= 0.6 is 0 Å². The number of hydrogen-bond acceptors (Lipinski definition) is 3. The average Bonchev–Trinajstić information content (AvgIpc) is 2.37. The van der Waals surface area contributed by atoms with Crippen LogP contribution in [0.5, 0.6) is 0 Å². The minimum atomic E-state index is -0.464. The summed E-state index contributed by atoms with van der Waals surface area (Å²) in [6.45, 7) is 2.63. The highest BCUT2D eigenvalue weighted by Gasteiger charge is 2.14. The number of amides is 1. The topological polar surface area (TPSA) is 46.6 Å². The number of carbonyl (C=O) groups excluding carboxylic acids is 2. The second-order valence-corrected chi connectivity index (χ2v) is 4.03. The van der Waals surface area contributed by atoms with Crippen LogP contribution in [-0.4, -0.2) is 37.0 Å². The Morgan fingerprint density at radius 3 is 2.50 bits per heavy atom. The van der Waals surface area contributed by atoms with Crippen molar-refractivity contribution in [3.05, 3.63) is 35.9 Å². The Morgan fingerprint density at radius 2 is 1.89 bits per heavy atom. The van der Waals surface area contributed by atoms with Crippen LogP contribution in [0.3, 0.4) is 0 Å². The van der Waals surface area contributed by atoms with Crippen molar-refractivity contribution in [3.63, 3.8) is 0 Å². The van der Waals surface area contributed by atoms with E-state index in [0.29, 0.717) is 13.2 Å². The highest BCUT2D eigenvalue weighted by atomic mass is 16.5. The standard InChI is InChI=1S/C14H19NO3/c1-3-18-14(17)11-13(16)15(2)10-9-12-7-5-4-6-8-12/h4-8H,3,9-11H2,1-2H3. The van der Waals surface area contributed by atoms with E-state index in [1.165, 1.54) is 5.56 Å². The fourth-order valence-electron chi connectivity index (χ4n) is 1.54. The molecule has 1 aromatic carbocycles. The van der Waals surface area contributed by atoms with E-state index >= 15 is 0 Å². The Bertz CT molecular complexity index is 389. The predicted molar refractivity (Wildman–Crippen MR) is 69.0 cm³/mol. The van der Waals surface area contributed by atoms with Crippen molar-refractivity contribution in [2.45, 2.75) is 19.8 Å². The van der Waals surface area contributed by atoms with E-state index < -0.39 is 5.97 Å². The van der Waals surface area contributed by atoms with E-state index in [-0.39, 0.29) is 12.3 Å². The fraction of sp³-hybridized carbons (Fsp3) is 0.429. The van der Waals surface area contributed by atoms with E-state index in [1.807, 2.05) is 30.3 Å². The molecule has 0 bridgehead atoms. The molecule has 0 aliphatic heterocycles. The molecule has 0 atom stereocenters. The summed E-state index contributed by atoms with van der Waals surface area (Å²) in [5, 5.41) is 0. The van der Waals surface area contributed by atoms with E-state index in [1.54, 1.807) is 18.9 Å². The smallest absolute Gasteiger partial charge is 0.315 e. The largest absolute Gasteiger partial charge is 0.466 e. The summed E-state index contributed by atoms with van der Waals surface area (Å²) < 4.78 is 4.74. The molecule has 1 amide bonds. The SMILES string of the molecule is CCOC(=O)CC(=O)N(C)CCc1ccccc1. The van der Waals surface area contributed by atoms with Crippen LogP contribution in [0.25, 0.3) is 0 Å². The highest BCUT2D eigenvalue weighted by molar-refractivity contribution is 5.94.